The molecular formula is C12H14BrNO3. The topological polar surface area (TPSA) is 55.4 Å². The van der Waals surface area contributed by atoms with Crippen LogP contribution >= 0.6 is 15.9 Å². The van der Waals surface area contributed by atoms with Gasteiger partial charge >= 0.3 is 5.97 Å². The van der Waals surface area contributed by atoms with Crippen molar-refractivity contribution in [3.8, 4) is 0 Å². The van der Waals surface area contributed by atoms with E-state index in [0.29, 0.717) is 15.7 Å². The van der Waals surface area contributed by atoms with Crippen molar-refractivity contribution in [3.05, 3.63) is 28.2 Å². The van der Waals surface area contributed by atoms with E-state index in [-0.39, 0.29) is 11.8 Å². The smallest absolute Gasteiger partial charge is 0.340 e. The van der Waals surface area contributed by atoms with Crippen molar-refractivity contribution in [2.45, 2.75) is 13.8 Å². The molecule has 0 aliphatic heterocycles. The van der Waals surface area contributed by atoms with Gasteiger partial charge in [0.15, 0.2) is 0 Å². The number of ether oxygens (including phenoxy) is 1. The number of esters is 1. The summed E-state index contributed by atoms with van der Waals surface area (Å²) in [6.45, 7) is 3.56. The van der Waals surface area contributed by atoms with Crippen molar-refractivity contribution >= 4 is 33.5 Å². The van der Waals surface area contributed by atoms with E-state index in [1.54, 1.807) is 32.0 Å². The minimum Gasteiger partial charge on any atom is -0.465 e. The van der Waals surface area contributed by atoms with E-state index in [9.17, 15) is 9.59 Å². The molecule has 0 spiro atoms. The van der Waals surface area contributed by atoms with E-state index in [1.807, 2.05) is 0 Å². The first-order chi connectivity index (χ1) is 7.97. The quantitative estimate of drug-likeness (QED) is 0.873. The highest BCUT2D eigenvalue weighted by molar-refractivity contribution is 9.10. The second-order valence-electron chi connectivity index (χ2n) is 3.80. The largest absolute Gasteiger partial charge is 0.465 e. The highest BCUT2D eigenvalue weighted by Crippen LogP contribution is 2.27. The molecule has 0 unspecified atom stereocenters. The summed E-state index contributed by atoms with van der Waals surface area (Å²) < 4.78 is 5.31. The van der Waals surface area contributed by atoms with Gasteiger partial charge in [-0.2, -0.15) is 0 Å². The Morgan fingerprint density at radius 3 is 2.53 bits per heavy atom. The lowest BCUT2D eigenvalue weighted by Crippen LogP contribution is -2.20. The Kier molecular flexibility index (Phi) is 4.69. The summed E-state index contributed by atoms with van der Waals surface area (Å²) in [5, 5.41) is 2.71. The summed E-state index contributed by atoms with van der Waals surface area (Å²) in [5.41, 5.74) is 0.772. The summed E-state index contributed by atoms with van der Waals surface area (Å²) in [6.07, 6.45) is 0. The second kappa shape index (κ2) is 5.82. The molecule has 92 valence electrons. The number of nitrogens with one attached hydrogen (secondary N) is 1. The van der Waals surface area contributed by atoms with E-state index in [1.165, 1.54) is 7.11 Å². The Morgan fingerprint density at radius 1 is 1.35 bits per heavy atom. The fraction of sp³-hybridized carbons (Fsp3) is 0.333. The molecule has 1 aromatic carbocycles. The van der Waals surface area contributed by atoms with Crippen LogP contribution < -0.4 is 5.32 Å². The average molecular weight is 300 g/mol. The molecule has 0 heterocycles. The van der Waals surface area contributed by atoms with Crippen molar-refractivity contribution in [3.63, 3.8) is 0 Å². The number of benzene rings is 1. The highest BCUT2D eigenvalue weighted by Gasteiger charge is 2.17. The van der Waals surface area contributed by atoms with Crippen LogP contribution in [0.1, 0.15) is 24.2 Å². The molecule has 0 aliphatic carbocycles. The number of hydrogen-bond donors (Lipinski definition) is 1. The van der Waals surface area contributed by atoms with Gasteiger partial charge in [0.05, 0.1) is 18.4 Å². The first-order valence-electron chi connectivity index (χ1n) is 5.15. The number of anilines is 1. The molecule has 0 bridgehead atoms. The second-order valence-corrected chi connectivity index (χ2v) is 4.65. The first-order valence-corrected chi connectivity index (χ1v) is 5.94. The lowest BCUT2D eigenvalue weighted by atomic mass is 10.1. The SMILES string of the molecule is COC(=O)c1cccc(Br)c1NC(=O)C(C)C. The number of hydrogen-bond acceptors (Lipinski definition) is 3. The van der Waals surface area contributed by atoms with Gasteiger partial charge in [0.25, 0.3) is 0 Å². The fourth-order valence-electron chi connectivity index (χ4n) is 1.20. The Balaban J connectivity index is 3.12. The number of methoxy groups -OCH3 is 1. The number of para-hydroxylation sites is 1. The van der Waals surface area contributed by atoms with Crippen molar-refractivity contribution in [1.29, 1.82) is 0 Å². The standard InChI is InChI=1S/C12H14BrNO3/c1-7(2)11(15)14-10-8(12(16)17-3)5-4-6-9(10)13/h4-7H,1-3H3,(H,14,15). The van der Waals surface area contributed by atoms with Gasteiger partial charge in [-0.25, -0.2) is 4.79 Å². The molecule has 17 heavy (non-hydrogen) atoms. The van der Waals surface area contributed by atoms with Gasteiger partial charge in [-0.15, -0.1) is 0 Å². The molecule has 0 saturated carbocycles. The van der Waals surface area contributed by atoms with Crippen LogP contribution in [0.3, 0.4) is 0 Å². The van der Waals surface area contributed by atoms with E-state index in [0.717, 1.165) is 0 Å². The van der Waals surface area contributed by atoms with Crippen LogP contribution in [-0.4, -0.2) is 19.0 Å². The third-order valence-corrected chi connectivity index (χ3v) is 2.85. The third-order valence-electron chi connectivity index (χ3n) is 2.19. The number of rotatable bonds is 3. The minimum absolute atomic E-state index is 0.151. The Bertz CT molecular complexity index is 443. The molecule has 0 aliphatic rings. The van der Waals surface area contributed by atoms with Crippen LogP contribution in [0, 0.1) is 5.92 Å². The molecule has 4 nitrogen and oxygen atoms in total. The van der Waals surface area contributed by atoms with Gasteiger partial charge < -0.3 is 10.1 Å². The molecule has 1 N–H and O–H groups in total. The van der Waals surface area contributed by atoms with Crippen LogP contribution in [0.15, 0.2) is 22.7 Å². The molecule has 1 aromatic rings. The van der Waals surface area contributed by atoms with Crippen LogP contribution in [0.4, 0.5) is 5.69 Å². The van der Waals surface area contributed by atoms with Gasteiger partial charge in [0, 0.05) is 10.4 Å². The highest BCUT2D eigenvalue weighted by atomic mass is 79.9. The minimum atomic E-state index is -0.481. The molecule has 5 heteroatoms. The molecule has 0 radical (unpaired) electrons. The summed E-state index contributed by atoms with van der Waals surface area (Å²) in [4.78, 5) is 23.2. The maximum absolute atomic E-state index is 11.6. The summed E-state index contributed by atoms with van der Waals surface area (Å²) in [6, 6.07) is 5.07. The van der Waals surface area contributed by atoms with E-state index >= 15 is 0 Å². The molecule has 1 rings (SSSR count). The molecule has 0 saturated heterocycles. The average Bonchev–Trinajstić information content (AvgIpc) is 2.30. The van der Waals surface area contributed by atoms with Gasteiger partial charge in [-0.1, -0.05) is 19.9 Å². The molecule has 1 amide bonds. The van der Waals surface area contributed by atoms with Crippen molar-refractivity contribution in [2.75, 3.05) is 12.4 Å². The van der Waals surface area contributed by atoms with Crippen LogP contribution in [0.2, 0.25) is 0 Å². The van der Waals surface area contributed by atoms with Crippen LogP contribution in [0.5, 0.6) is 0 Å². The Morgan fingerprint density at radius 2 is 2.00 bits per heavy atom. The Labute approximate surface area is 108 Å². The third kappa shape index (κ3) is 3.30. The predicted molar refractivity (Wildman–Crippen MR) is 68.9 cm³/mol. The van der Waals surface area contributed by atoms with Gasteiger partial charge in [-0.05, 0) is 28.1 Å². The van der Waals surface area contributed by atoms with Crippen molar-refractivity contribution < 1.29 is 14.3 Å². The maximum atomic E-state index is 11.6. The van der Waals surface area contributed by atoms with Crippen LogP contribution in [0.25, 0.3) is 0 Å². The predicted octanol–water partition coefficient (Wildman–Crippen LogP) is 2.83. The van der Waals surface area contributed by atoms with Crippen LogP contribution in [-0.2, 0) is 9.53 Å². The fourth-order valence-corrected chi connectivity index (χ4v) is 1.66. The van der Waals surface area contributed by atoms with E-state index < -0.39 is 5.97 Å². The molecule has 0 aromatic heterocycles. The number of amides is 1. The van der Waals surface area contributed by atoms with Gasteiger partial charge in [0.1, 0.15) is 0 Å². The maximum Gasteiger partial charge on any atom is 0.340 e. The monoisotopic (exact) mass is 299 g/mol. The summed E-state index contributed by atoms with van der Waals surface area (Å²) >= 11 is 3.30. The summed E-state index contributed by atoms with van der Waals surface area (Å²) in [7, 11) is 1.30. The Hall–Kier alpha value is -1.36. The molecular weight excluding hydrogens is 286 g/mol. The number of carbonyl (C=O) groups excluding carboxylic acids is 2. The van der Waals surface area contributed by atoms with Gasteiger partial charge in [0.2, 0.25) is 5.91 Å². The normalized spacial score (nSPS) is 10.2. The van der Waals surface area contributed by atoms with E-state index in [4.69, 9.17) is 0 Å². The zero-order valence-electron chi connectivity index (χ0n) is 9.91. The van der Waals surface area contributed by atoms with Crippen molar-refractivity contribution in [2.24, 2.45) is 5.92 Å². The van der Waals surface area contributed by atoms with Gasteiger partial charge in [-0.3, -0.25) is 4.79 Å². The van der Waals surface area contributed by atoms with E-state index in [2.05, 4.69) is 26.0 Å². The van der Waals surface area contributed by atoms with Crippen molar-refractivity contribution in [1.82, 2.24) is 0 Å². The zero-order chi connectivity index (χ0) is 13.0. The zero-order valence-corrected chi connectivity index (χ0v) is 11.5. The number of halogens is 1. The lowest BCUT2D eigenvalue weighted by molar-refractivity contribution is -0.118. The summed E-state index contributed by atoms with van der Waals surface area (Å²) in [5.74, 6) is -0.792. The molecule has 0 fully saturated rings. The molecule has 0 atom stereocenters. The lowest BCUT2D eigenvalue weighted by Gasteiger charge is -2.13. The number of carbonyl (C=O) groups is 2. The first kappa shape index (κ1) is 13.7.